The molecule has 0 amide bonds. The summed E-state index contributed by atoms with van der Waals surface area (Å²) in [6.07, 6.45) is 6.48. The zero-order valence-electron chi connectivity index (χ0n) is 10.5. The normalized spacial score (nSPS) is 23.9. The van der Waals surface area contributed by atoms with Crippen molar-refractivity contribution >= 4 is 21.6 Å². The predicted molar refractivity (Wildman–Crippen MR) is 76.3 cm³/mol. The van der Waals surface area contributed by atoms with E-state index in [2.05, 4.69) is 23.5 Å². The molecule has 2 fully saturated rings. The van der Waals surface area contributed by atoms with Crippen molar-refractivity contribution in [3.63, 3.8) is 0 Å². The number of rotatable bonds is 3. The summed E-state index contributed by atoms with van der Waals surface area (Å²) in [6.45, 7) is 1.19. The zero-order valence-corrected chi connectivity index (χ0v) is 11.3. The Morgan fingerprint density at radius 3 is 3.00 bits per heavy atom. The summed E-state index contributed by atoms with van der Waals surface area (Å²) in [7, 11) is 0. The summed E-state index contributed by atoms with van der Waals surface area (Å²) in [5, 5.41) is 4.96. The maximum atomic E-state index is 4.91. The number of hydrogen-bond acceptors (Lipinski definition) is 3. The third-order valence-electron chi connectivity index (χ3n) is 4.07. The molecular formula is C15H18N2S. The van der Waals surface area contributed by atoms with Crippen molar-refractivity contribution in [3.05, 3.63) is 28.8 Å². The van der Waals surface area contributed by atoms with Gasteiger partial charge >= 0.3 is 0 Å². The molecule has 1 aromatic heterocycles. The van der Waals surface area contributed by atoms with E-state index in [0.717, 1.165) is 12.3 Å². The Morgan fingerprint density at radius 1 is 1.28 bits per heavy atom. The SMILES string of the molecule is c1cc(CC2CCCN2)c2nc(C3CC3)sc2c1. The fourth-order valence-corrected chi connectivity index (χ4v) is 4.07. The van der Waals surface area contributed by atoms with Gasteiger partial charge in [0.15, 0.2) is 0 Å². The lowest BCUT2D eigenvalue weighted by Gasteiger charge is -2.10. The minimum atomic E-state index is 0.668. The standard InChI is InChI=1S/C15H18N2S/c1-3-11(9-12-4-2-8-16-12)14-13(5-1)18-15(17-14)10-6-7-10/h1,3,5,10,12,16H,2,4,6-9H2. The van der Waals surface area contributed by atoms with Gasteiger partial charge in [-0.2, -0.15) is 0 Å². The van der Waals surface area contributed by atoms with Crippen LogP contribution in [-0.2, 0) is 6.42 Å². The molecule has 1 aliphatic carbocycles. The molecule has 1 atom stereocenters. The van der Waals surface area contributed by atoms with Crippen LogP contribution in [0.4, 0.5) is 0 Å². The predicted octanol–water partition coefficient (Wildman–Crippen LogP) is 3.47. The molecule has 4 rings (SSSR count). The van der Waals surface area contributed by atoms with Gasteiger partial charge < -0.3 is 5.32 Å². The molecule has 2 nitrogen and oxygen atoms in total. The summed E-state index contributed by atoms with van der Waals surface area (Å²) in [4.78, 5) is 4.91. The van der Waals surface area contributed by atoms with Gasteiger partial charge in [0.2, 0.25) is 0 Å². The van der Waals surface area contributed by atoms with E-state index in [-0.39, 0.29) is 0 Å². The first-order valence-electron chi connectivity index (χ1n) is 7.02. The van der Waals surface area contributed by atoms with Gasteiger partial charge in [-0.05, 0) is 50.3 Å². The lowest BCUT2D eigenvalue weighted by molar-refractivity contribution is 0.604. The Labute approximate surface area is 111 Å². The molecule has 0 bridgehead atoms. The minimum Gasteiger partial charge on any atom is -0.314 e. The summed E-state index contributed by atoms with van der Waals surface area (Å²) >= 11 is 1.91. The second-order valence-electron chi connectivity index (χ2n) is 5.59. The van der Waals surface area contributed by atoms with Gasteiger partial charge in [-0.3, -0.25) is 0 Å². The molecule has 1 unspecified atom stereocenters. The summed E-state index contributed by atoms with van der Waals surface area (Å²) in [6, 6.07) is 7.35. The van der Waals surface area contributed by atoms with Crippen LogP contribution in [0.15, 0.2) is 18.2 Å². The largest absolute Gasteiger partial charge is 0.314 e. The number of nitrogens with one attached hydrogen (secondary N) is 1. The van der Waals surface area contributed by atoms with Crippen LogP contribution in [0.5, 0.6) is 0 Å². The highest BCUT2D eigenvalue weighted by atomic mass is 32.1. The fourth-order valence-electron chi connectivity index (χ4n) is 2.89. The van der Waals surface area contributed by atoms with E-state index in [4.69, 9.17) is 4.98 Å². The molecule has 18 heavy (non-hydrogen) atoms. The third-order valence-corrected chi connectivity index (χ3v) is 5.26. The number of aromatic nitrogens is 1. The Hall–Kier alpha value is -0.930. The van der Waals surface area contributed by atoms with Gasteiger partial charge in [0.1, 0.15) is 0 Å². The molecule has 1 saturated carbocycles. The van der Waals surface area contributed by atoms with Crippen molar-refractivity contribution in [1.29, 1.82) is 0 Å². The first kappa shape index (κ1) is 10.9. The quantitative estimate of drug-likeness (QED) is 0.912. The molecule has 0 spiro atoms. The lowest BCUT2D eigenvalue weighted by atomic mass is 10.0. The van der Waals surface area contributed by atoms with E-state index < -0.39 is 0 Å². The maximum Gasteiger partial charge on any atom is 0.0969 e. The van der Waals surface area contributed by atoms with Crippen molar-refractivity contribution in [3.8, 4) is 0 Å². The number of nitrogens with zero attached hydrogens (tertiary/aromatic N) is 1. The first-order valence-corrected chi connectivity index (χ1v) is 7.83. The average molecular weight is 258 g/mol. The highest BCUT2D eigenvalue weighted by Crippen LogP contribution is 2.43. The maximum absolute atomic E-state index is 4.91. The zero-order chi connectivity index (χ0) is 11.9. The molecule has 94 valence electrons. The molecule has 1 saturated heterocycles. The lowest BCUT2D eigenvalue weighted by Crippen LogP contribution is -2.23. The smallest absolute Gasteiger partial charge is 0.0969 e. The summed E-state index contributed by atoms with van der Waals surface area (Å²) in [5.41, 5.74) is 2.72. The molecule has 2 aliphatic rings. The molecule has 1 aromatic carbocycles. The number of para-hydroxylation sites is 1. The number of fused-ring (bicyclic) bond motifs is 1. The molecular weight excluding hydrogens is 240 g/mol. The molecule has 1 N–H and O–H groups in total. The van der Waals surface area contributed by atoms with Gasteiger partial charge in [0, 0.05) is 12.0 Å². The topological polar surface area (TPSA) is 24.9 Å². The second-order valence-corrected chi connectivity index (χ2v) is 6.65. The summed E-state index contributed by atoms with van der Waals surface area (Å²) in [5.74, 6) is 0.778. The van der Waals surface area contributed by atoms with Crippen molar-refractivity contribution < 1.29 is 0 Å². The van der Waals surface area contributed by atoms with E-state index in [0.29, 0.717) is 6.04 Å². The monoisotopic (exact) mass is 258 g/mol. The van der Waals surface area contributed by atoms with Crippen LogP contribution in [0, 0.1) is 0 Å². The Bertz CT molecular complexity index is 565. The second kappa shape index (κ2) is 4.32. The van der Waals surface area contributed by atoms with Crippen molar-refractivity contribution in [2.75, 3.05) is 6.54 Å². The number of benzene rings is 1. The highest BCUT2D eigenvalue weighted by Gasteiger charge is 2.27. The van der Waals surface area contributed by atoms with E-state index in [1.54, 1.807) is 0 Å². The Kier molecular flexibility index (Phi) is 2.63. The van der Waals surface area contributed by atoms with Crippen LogP contribution < -0.4 is 5.32 Å². The van der Waals surface area contributed by atoms with Crippen LogP contribution in [0.25, 0.3) is 10.2 Å². The Balaban J connectivity index is 1.69. The highest BCUT2D eigenvalue weighted by molar-refractivity contribution is 7.18. The van der Waals surface area contributed by atoms with E-state index in [9.17, 15) is 0 Å². The summed E-state index contributed by atoms with van der Waals surface area (Å²) < 4.78 is 1.38. The molecule has 2 aromatic rings. The Morgan fingerprint density at radius 2 is 2.22 bits per heavy atom. The average Bonchev–Trinajstić information content (AvgIpc) is 2.93. The van der Waals surface area contributed by atoms with Crippen LogP contribution in [0.3, 0.4) is 0 Å². The molecule has 0 radical (unpaired) electrons. The van der Waals surface area contributed by atoms with Crippen LogP contribution in [-0.4, -0.2) is 17.6 Å². The number of thiazole rings is 1. The van der Waals surface area contributed by atoms with E-state index in [1.165, 1.54) is 53.0 Å². The van der Waals surface area contributed by atoms with Crippen molar-refractivity contribution in [2.45, 2.75) is 44.1 Å². The van der Waals surface area contributed by atoms with Gasteiger partial charge in [0.25, 0.3) is 0 Å². The van der Waals surface area contributed by atoms with E-state index in [1.807, 2.05) is 11.3 Å². The van der Waals surface area contributed by atoms with Gasteiger partial charge in [-0.1, -0.05) is 12.1 Å². The first-order chi connectivity index (χ1) is 8.90. The van der Waals surface area contributed by atoms with Gasteiger partial charge in [-0.25, -0.2) is 4.98 Å². The van der Waals surface area contributed by atoms with Crippen LogP contribution in [0.2, 0.25) is 0 Å². The molecule has 2 heterocycles. The van der Waals surface area contributed by atoms with E-state index >= 15 is 0 Å². The fraction of sp³-hybridized carbons (Fsp3) is 0.533. The van der Waals surface area contributed by atoms with Crippen LogP contribution >= 0.6 is 11.3 Å². The molecule has 3 heteroatoms. The molecule has 1 aliphatic heterocycles. The third kappa shape index (κ3) is 1.95. The van der Waals surface area contributed by atoms with Crippen LogP contribution in [0.1, 0.15) is 42.2 Å². The van der Waals surface area contributed by atoms with Gasteiger partial charge in [-0.15, -0.1) is 11.3 Å². The van der Waals surface area contributed by atoms with Gasteiger partial charge in [0.05, 0.1) is 15.2 Å². The van der Waals surface area contributed by atoms with Crippen molar-refractivity contribution in [2.24, 2.45) is 0 Å². The van der Waals surface area contributed by atoms with Crippen molar-refractivity contribution in [1.82, 2.24) is 10.3 Å². The number of hydrogen-bond donors (Lipinski definition) is 1. The minimum absolute atomic E-state index is 0.668.